The minimum Gasteiger partial charge on any atom is -0.344 e. The Morgan fingerprint density at radius 2 is 1.93 bits per heavy atom. The Labute approximate surface area is 156 Å². The van der Waals surface area contributed by atoms with Gasteiger partial charge >= 0.3 is 0 Å². The fraction of sp³-hybridized carbons (Fsp3) is 0.286. The summed E-state index contributed by atoms with van der Waals surface area (Å²) in [5.41, 5.74) is 0.137. The Morgan fingerprint density at radius 3 is 2.67 bits per heavy atom. The third-order valence-electron chi connectivity index (χ3n) is 4.57. The van der Waals surface area contributed by atoms with E-state index in [0.717, 1.165) is 31.2 Å². The van der Waals surface area contributed by atoms with Crippen molar-refractivity contribution in [3.05, 3.63) is 75.8 Å². The summed E-state index contributed by atoms with van der Waals surface area (Å²) in [5, 5.41) is 9.33. The van der Waals surface area contributed by atoms with Crippen molar-refractivity contribution in [3.8, 4) is 0 Å². The van der Waals surface area contributed by atoms with Crippen molar-refractivity contribution in [1.29, 1.82) is 0 Å². The van der Waals surface area contributed by atoms with Gasteiger partial charge in [0, 0.05) is 0 Å². The van der Waals surface area contributed by atoms with Crippen molar-refractivity contribution in [3.63, 3.8) is 0 Å². The van der Waals surface area contributed by atoms with Crippen LogP contribution in [-0.2, 0) is 0 Å². The Morgan fingerprint density at radius 1 is 1.15 bits per heavy atom. The number of carbonyl (C=O) groups excluding carboxylic acids is 1. The first-order valence-corrected chi connectivity index (χ1v) is 9.14. The Kier molecular flexibility index (Phi) is 5.96. The molecule has 0 aliphatic carbocycles. The molecule has 27 heavy (non-hydrogen) atoms. The predicted octanol–water partition coefficient (Wildman–Crippen LogP) is 4.11. The maximum Gasteiger partial charge on any atom is 0.276 e. The van der Waals surface area contributed by atoms with Crippen molar-refractivity contribution < 1.29 is 9.18 Å². The van der Waals surface area contributed by atoms with Crippen LogP contribution in [0.1, 0.15) is 54.7 Å². The zero-order valence-corrected chi connectivity index (χ0v) is 15.2. The molecule has 1 heterocycles. The number of para-hydroxylation sites is 1. The second-order valence-corrected chi connectivity index (χ2v) is 6.50. The lowest BCUT2D eigenvalue weighted by Crippen LogP contribution is -2.33. The number of nitrogens with zero attached hydrogens (tertiary/aromatic N) is 1. The number of hydrogen-bond donors (Lipinski definition) is 2. The lowest BCUT2D eigenvalue weighted by atomic mass is 10.00. The summed E-state index contributed by atoms with van der Waals surface area (Å²) in [6, 6.07) is 13.6. The SMILES string of the molecule is CCCCCC(NC(=O)c1n[nH]c2c(F)cccc2c1=O)c1ccccc1. The maximum absolute atomic E-state index is 13.8. The first kappa shape index (κ1) is 18.8. The number of fused-ring (bicyclic) bond motifs is 1. The number of unbranched alkanes of at least 4 members (excludes halogenated alkanes) is 2. The molecule has 1 unspecified atom stereocenters. The van der Waals surface area contributed by atoms with E-state index in [1.165, 1.54) is 18.2 Å². The minimum atomic E-state index is -0.582. The van der Waals surface area contributed by atoms with Crippen LogP contribution < -0.4 is 10.7 Å². The average molecular weight is 367 g/mol. The third kappa shape index (κ3) is 4.22. The summed E-state index contributed by atoms with van der Waals surface area (Å²) in [6.07, 6.45) is 3.87. The molecule has 0 bridgehead atoms. The predicted molar refractivity (Wildman–Crippen MR) is 103 cm³/mol. The van der Waals surface area contributed by atoms with Gasteiger partial charge in [0.25, 0.3) is 5.91 Å². The molecule has 1 atom stereocenters. The minimum absolute atomic E-state index is 0.00149. The molecular formula is C21H22FN3O2. The standard InChI is InChI=1S/C21H22FN3O2/c1-2-3-5-13-17(14-9-6-4-7-10-14)23-21(27)19-20(26)15-11-8-12-16(22)18(15)24-25-19/h4,6-12,17H,2-3,5,13H2,1H3,(H,23,27)(H,24,26). The summed E-state index contributed by atoms with van der Waals surface area (Å²) in [7, 11) is 0. The summed E-state index contributed by atoms with van der Waals surface area (Å²) in [4.78, 5) is 25.3. The number of aromatic nitrogens is 2. The van der Waals surface area contributed by atoms with Crippen molar-refractivity contribution in [1.82, 2.24) is 15.5 Å². The normalized spacial score (nSPS) is 12.1. The van der Waals surface area contributed by atoms with E-state index in [4.69, 9.17) is 0 Å². The van der Waals surface area contributed by atoms with Crippen molar-refractivity contribution in [2.24, 2.45) is 0 Å². The van der Waals surface area contributed by atoms with Crippen LogP contribution in [-0.4, -0.2) is 16.1 Å². The fourth-order valence-corrected chi connectivity index (χ4v) is 3.10. The summed E-state index contributed by atoms with van der Waals surface area (Å²) in [6.45, 7) is 2.12. The second kappa shape index (κ2) is 8.58. The Hall–Kier alpha value is -3.02. The lowest BCUT2D eigenvalue weighted by Gasteiger charge is -2.19. The number of aromatic amines is 1. The van der Waals surface area contributed by atoms with E-state index in [9.17, 15) is 14.0 Å². The molecule has 2 aromatic carbocycles. The summed E-state index contributed by atoms with van der Waals surface area (Å²) >= 11 is 0. The van der Waals surface area contributed by atoms with Crippen molar-refractivity contribution >= 4 is 16.8 Å². The van der Waals surface area contributed by atoms with Gasteiger partial charge in [-0.3, -0.25) is 14.7 Å². The molecular weight excluding hydrogens is 345 g/mol. The van der Waals surface area contributed by atoms with E-state index in [0.29, 0.717) is 0 Å². The van der Waals surface area contributed by atoms with Crippen LogP contribution in [0, 0.1) is 5.82 Å². The molecule has 1 amide bonds. The summed E-state index contributed by atoms with van der Waals surface area (Å²) in [5.74, 6) is -1.14. The molecule has 0 aliphatic rings. The van der Waals surface area contributed by atoms with Crippen LogP contribution in [0.3, 0.4) is 0 Å². The number of hydrogen-bond acceptors (Lipinski definition) is 3. The van der Waals surface area contributed by atoms with Gasteiger partial charge in [0.2, 0.25) is 5.43 Å². The van der Waals surface area contributed by atoms with Gasteiger partial charge in [0.05, 0.1) is 11.4 Å². The van der Waals surface area contributed by atoms with Crippen LogP contribution in [0.5, 0.6) is 0 Å². The molecule has 0 aliphatic heterocycles. The Balaban J connectivity index is 1.88. The smallest absolute Gasteiger partial charge is 0.276 e. The number of H-pyrrole nitrogens is 1. The quantitative estimate of drug-likeness (QED) is 0.617. The zero-order valence-electron chi connectivity index (χ0n) is 15.2. The molecule has 140 valence electrons. The highest BCUT2D eigenvalue weighted by atomic mass is 19.1. The lowest BCUT2D eigenvalue weighted by molar-refractivity contribution is 0.0927. The molecule has 0 spiro atoms. The third-order valence-corrected chi connectivity index (χ3v) is 4.57. The van der Waals surface area contributed by atoms with Gasteiger partial charge in [-0.15, -0.1) is 0 Å². The highest BCUT2D eigenvalue weighted by Crippen LogP contribution is 2.20. The second-order valence-electron chi connectivity index (χ2n) is 6.50. The largest absolute Gasteiger partial charge is 0.344 e. The fourth-order valence-electron chi connectivity index (χ4n) is 3.10. The molecule has 5 nitrogen and oxygen atoms in total. The average Bonchev–Trinajstić information content (AvgIpc) is 2.69. The van der Waals surface area contributed by atoms with Gasteiger partial charge in [0.15, 0.2) is 5.69 Å². The molecule has 6 heteroatoms. The number of rotatable bonds is 7. The van der Waals surface area contributed by atoms with Crippen LogP contribution in [0.2, 0.25) is 0 Å². The van der Waals surface area contributed by atoms with E-state index in [2.05, 4.69) is 22.4 Å². The molecule has 0 saturated heterocycles. The van der Waals surface area contributed by atoms with Gasteiger partial charge in [0.1, 0.15) is 11.3 Å². The first-order valence-electron chi connectivity index (χ1n) is 9.14. The van der Waals surface area contributed by atoms with E-state index in [-0.39, 0.29) is 22.6 Å². The van der Waals surface area contributed by atoms with Gasteiger partial charge in [-0.1, -0.05) is 62.6 Å². The van der Waals surface area contributed by atoms with Crippen molar-refractivity contribution in [2.75, 3.05) is 0 Å². The van der Waals surface area contributed by atoms with Crippen molar-refractivity contribution in [2.45, 2.75) is 38.6 Å². The van der Waals surface area contributed by atoms with Gasteiger partial charge in [-0.05, 0) is 24.1 Å². The number of amides is 1. The number of carbonyl (C=O) groups is 1. The highest BCUT2D eigenvalue weighted by Gasteiger charge is 2.20. The molecule has 0 fully saturated rings. The molecule has 0 saturated carbocycles. The van der Waals surface area contributed by atoms with Crippen LogP contribution in [0.25, 0.3) is 10.9 Å². The Bertz CT molecular complexity index is 986. The molecule has 3 aromatic rings. The number of nitrogens with one attached hydrogen (secondary N) is 2. The topological polar surface area (TPSA) is 74.8 Å². The molecule has 3 rings (SSSR count). The van der Waals surface area contributed by atoms with E-state index >= 15 is 0 Å². The van der Waals surface area contributed by atoms with Crippen LogP contribution in [0.4, 0.5) is 4.39 Å². The maximum atomic E-state index is 13.8. The van der Waals surface area contributed by atoms with E-state index in [1.807, 2.05) is 30.3 Å². The summed E-state index contributed by atoms with van der Waals surface area (Å²) < 4.78 is 13.8. The molecule has 1 aromatic heterocycles. The zero-order chi connectivity index (χ0) is 19.2. The van der Waals surface area contributed by atoms with Gasteiger partial charge in [-0.2, -0.15) is 5.10 Å². The first-order chi connectivity index (χ1) is 13.1. The number of benzene rings is 2. The monoisotopic (exact) mass is 367 g/mol. The molecule has 0 radical (unpaired) electrons. The van der Waals surface area contributed by atoms with Crippen LogP contribution in [0.15, 0.2) is 53.3 Å². The van der Waals surface area contributed by atoms with E-state index < -0.39 is 17.2 Å². The van der Waals surface area contributed by atoms with Gasteiger partial charge < -0.3 is 5.32 Å². The number of halogens is 1. The van der Waals surface area contributed by atoms with E-state index in [1.54, 1.807) is 0 Å². The van der Waals surface area contributed by atoms with Gasteiger partial charge in [-0.25, -0.2) is 4.39 Å². The highest BCUT2D eigenvalue weighted by molar-refractivity contribution is 5.95. The van der Waals surface area contributed by atoms with Crippen LogP contribution >= 0.6 is 0 Å². The molecule has 2 N–H and O–H groups in total.